The van der Waals surface area contributed by atoms with Crippen LogP contribution in [0, 0.1) is 29.1 Å². The number of aliphatic hydroxyl groups is 1. The second kappa shape index (κ2) is 6.60. The predicted molar refractivity (Wildman–Crippen MR) is 91.3 cm³/mol. The van der Waals surface area contributed by atoms with E-state index in [2.05, 4.69) is 19.9 Å². The molecule has 2 aliphatic rings. The fraction of sp³-hybridized carbons (Fsp3) is 0.550. The van der Waals surface area contributed by atoms with Crippen LogP contribution in [0.15, 0.2) is 46.8 Å². The second-order valence-electron chi connectivity index (χ2n) is 7.49. The van der Waals surface area contributed by atoms with Crippen LogP contribution in [0.5, 0.6) is 0 Å². The van der Waals surface area contributed by atoms with E-state index in [1.54, 1.807) is 18.6 Å². The van der Waals surface area contributed by atoms with Crippen molar-refractivity contribution in [2.24, 2.45) is 29.1 Å². The first-order chi connectivity index (χ1) is 11.5. The number of allylic oxidation sites excluding steroid dienone is 3. The van der Waals surface area contributed by atoms with Crippen molar-refractivity contribution < 1.29 is 19.4 Å². The van der Waals surface area contributed by atoms with Gasteiger partial charge in [-0.15, -0.1) is 0 Å². The van der Waals surface area contributed by atoms with Gasteiger partial charge in [-0.2, -0.15) is 0 Å². The van der Waals surface area contributed by atoms with Gasteiger partial charge >= 0.3 is 5.97 Å². The summed E-state index contributed by atoms with van der Waals surface area (Å²) >= 11 is 0. The van der Waals surface area contributed by atoms with Gasteiger partial charge < -0.3 is 14.6 Å². The highest BCUT2D eigenvalue weighted by molar-refractivity contribution is 5.89. The van der Waals surface area contributed by atoms with Crippen molar-refractivity contribution in [1.29, 1.82) is 0 Å². The number of carboxylic acid groups (broad SMARTS) is 1. The molecule has 4 heteroatoms. The van der Waals surface area contributed by atoms with Crippen LogP contribution in [-0.2, 0) is 11.2 Å². The zero-order valence-corrected chi connectivity index (χ0v) is 14.3. The van der Waals surface area contributed by atoms with Crippen LogP contribution in [0.1, 0.15) is 32.3 Å². The summed E-state index contributed by atoms with van der Waals surface area (Å²) in [6, 6.07) is 1.98. The molecule has 1 aromatic heterocycles. The SMILES string of the molecule is CC1[C@H](C)C[C@@]2(CO)C(C(=O)O)=CC=C[C@@H]2[C@H]1CCc1ccoc1. The Morgan fingerprint density at radius 1 is 1.42 bits per heavy atom. The maximum Gasteiger partial charge on any atom is 0.332 e. The summed E-state index contributed by atoms with van der Waals surface area (Å²) in [6.07, 6.45) is 11.7. The van der Waals surface area contributed by atoms with Crippen molar-refractivity contribution in [3.63, 3.8) is 0 Å². The lowest BCUT2D eigenvalue weighted by molar-refractivity contribution is -0.136. The molecule has 24 heavy (non-hydrogen) atoms. The maximum absolute atomic E-state index is 11.8. The highest BCUT2D eigenvalue weighted by atomic mass is 16.4. The van der Waals surface area contributed by atoms with Crippen LogP contribution in [0.3, 0.4) is 0 Å². The van der Waals surface area contributed by atoms with Crippen molar-refractivity contribution in [3.8, 4) is 0 Å². The molecular formula is C20H26O4. The highest BCUT2D eigenvalue weighted by Gasteiger charge is 2.53. The number of rotatable bonds is 5. The van der Waals surface area contributed by atoms with E-state index in [1.807, 2.05) is 12.1 Å². The number of aryl methyl sites for hydroxylation is 1. The van der Waals surface area contributed by atoms with E-state index in [4.69, 9.17) is 4.42 Å². The van der Waals surface area contributed by atoms with E-state index in [1.165, 1.54) is 5.56 Å². The number of carboxylic acids is 1. The third-order valence-corrected chi connectivity index (χ3v) is 6.34. The topological polar surface area (TPSA) is 70.7 Å². The molecule has 1 aromatic rings. The fourth-order valence-corrected chi connectivity index (χ4v) is 4.86. The molecule has 0 amide bonds. The molecule has 0 saturated heterocycles. The Morgan fingerprint density at radius 3 is 2.83 bits per heavy atom. The summed E-state index contributed by atoms with van der Waals surface area (Å²) in [6.45, 7) is 4.33. The lowest BCUT2D eigenvalue weighted by atomic mass is 9.51. The molecule has 0 bridgehead atoms. The molecule has 1 fully saturated rings. The van der Waals surface area contributed by atoms with E-state index in [0.717, 1.165) is 19.3 Å². The van der Waals surface area contributed by atoms with Gasteiger partial charge in [0.15, 0.2) is 0 Å². The van der Waals surface area contributed by atoms with Crippen molar-refractivity contribution in [2.45, 2.75) is 33.1 Å². The number of furan rings is 1. The zero-order chi connectivity index (χ0) is 17.3. The molecule has 0 radical (unpaired) electrons. The standard InChI is InChI=1S/C20H26O4/c1-13-10-20(12-21)17(4-3-5-18(20)19(22)23)16(14(13)2)7-6-15-8-9-24-11-15/h3-5,8-9,11,13-14,16-17,21H,6-7,10,12H2,1-2H3,(H,22,23)/t13-,14?,16+,17-,20+/m1/s1. The van der Waals surface area contributed by atoms with Crippen LogP contribution in [-0.4, -0.2) is 22.8 Å². The normalized spacial score (nSPS) is 35.4. The molecule has 5 atom stereocenters. The largest absolute Gasteiger partial charge is 0.478 e. The summed E-state index contributed by atoms with van der Waals surface area (Å²) < 4.78 is 5.16. The molecule has 1 unspecified atom stereocenters. The summed E-state index contributed by atoms with van der Waals surface area (Å²) in [5, 5.41) is 19.9. The predicted octanol–water partition coefficient (Wildman–Crippen LogP) is 3.68. The van der Waals surface area contributed by atoms with E-state index in [0.29, 0.717) is 23.3 Å². The third-order valence-electron chi connectivity index (χ3n) is 6.34. The molecule has 1 saturated carbocycles. The van der Waals surface area contributed by atoms with Gasteiger partial charge in [0.2, 0.25) is 0 Å². The summed E-state index contributed by atoms with van der Waals surface area (Å²) in [4.78, 5) is 11.8. The Bertz CT molecular complexity index is 643. The molecule has 2 N–H and O–H groups in total. The van der Waals surface area contributed by atoms with E-state index in [9.17, 15) is 15.0 Å². The molecule has 1 heterocycles. The molecule has 0 aliphatic heterocycles. The van der Waals surface area contributed by atoms with Crippen molar-refractivity contribution in [1.82, 2.24) is 0 Å². The highest BCUT2D eigenvalue weighted by Crippen LogP contribution is 2.56. The van der Waals surface area contributed by atoms with Gasteiger partial charge in [-0.1, -0.05) is 32.1 Å². The van der Waals surface area contributed by atoms with E-state index < -0.39 is 11.4 Å². The molecule has 2 aliphatic carbocycles. The molecular weight excluding hydrogens is 304 g/mol. The van der Waals surface area contributed by atoms with E-state index >= 15 is 0 Å². The fourth-order valence-electron chi connectivity index (χ4n) is 4.86. The number of hydrogen-bond acceptors (Lipinski definition) is 3. The van der Waals surface area contributed by atoms with Gasteiger partial charge in [-0.3, -0.25) is 0 Å². The van der Waals surface area contributed by atoms with Gasteiger partial charge in [0.05, 0.1) is 19.1 Å². The Balaban J connectivity index is 1.92. The van der Waals surface area contributed by atoms with Crippen LogP contribution in [0.4, 0.5) is 0 Å². The lowest BCUT2D eigenvalue weighted by Gasteiger charge is -2.53. The first kappa shape index (κ1) is 17.0. The Kier molecular flexibility index (Phi) is 4.68. The summed E-state index contributed by atoms with van der Waals surface area (Å²) in [5.41, 5.74) is 0.876. The Morgan fingerprint density at radius 2 is 2.21 bits per heavy atom. The lowest BCUT2D eigenvalue weighted by Crippen LogP contribution is -2.50. The minimum atomic E-state index is -0.909. The van der Waals surface area contributed by atoms with Gasteiger partial charge in [-0.25, -0.2) is 4.79 Å². The van der Waals surface area contributed by atoms with Crippen LogP contribution in [0.2, 0.25) is 0 Å². The number of carbonyl (C=O) groups is 1. The maximum atomic E-state index is 11.8. The first-order valence-electron chi connectivity index (χ1n) is 8.74. The van der Waals surface area contributed by atoms with Gasteiger partial charge in [0.1, 0.15) is 0 Å². The minimum absolute atomic E-state index is 0.0664. The van der Waals surface area contributed by atoms with Crippen molar-refractivity contribution in [2.75, 3.05) is 6.61 Å². The molecule has 0 aromatic carbocycles. The molecule has 130 valence electrons. The van der Waals surface area contributed by atoms with Crippen LogP contribution >= 0.6 is 0 Å². The zero-order valence-electron chi connectivity index (χ0n) is 14.3. The number of fused-ring (bicyclic) bond motifs is 1. The molecule has 0 spiro atoms. The molecule has 3 rings (SSSR count). The first-order valence-corrected chi connectivity index (χ1v) is 8.74. The minimum Gasteiger partial charge on any atom is -0.478 e. The summed E-state index contributed by atoms with van der Waals surface area (Å²) in [5.74, 6) is 0.358. The summed E-state index contributed by atoms with van der Waals surface area (Å²) in [7, 11) is 0. The average Bonchev–Trinajstić information content (AvgIpc) is 3.08. The van der Waals surface area contributed by atoms with Gasteiger partial charge in [0, 0.05) is 11.0 Å². The van der Waals surface area contributed by atoms with Gasteiger partial charge in [-0.05, 0) is 54.6 Å². The van der Waals surface area contributed by atoms with Gasteiger partial charge in [0.25, 0.3) is 0 Å². The number of aliphatic hydroxyl groups excluding tert-OH is 1. The monoisotopic (exact) mass is 330 g/mol. The number of hydrogen-bond donors (Lipinski definition) is 2. The number of aliphatic carboxylic acids is 1. The van der Waals surface area contributed by atoms with E-state index in [-0.39, 0.29) is 12.5 Å². The Hall–Kier alpha value is -1.81. The molecule has 4 nitrogen and oxygen atoms in total. The Labute approximate surface area is 142 Å². The average molecular weight is 330 g/mol. The van der Waals surface area contributed by atoms with Crippen LogP contribution < -0.4 is 0 Å². The van der Waals surface area contributed by atoms with Crippen molar-refractivity contribution >= 4 is 5.97 Å². The second-order valence-corrected chi connectivity index (χ2v) is 7.49. The van der Waals surface area contributed by atoms with Crippen LogP contribution in [0.25, 0.3) is 0 Å². The van der Waals surface area contributed by atoms with Crippen molar-refractivity contribution in [3.05, 3.63) is 48.0 Å². The quantitative estimate of drug-likeness (QED) is 0.864. The third kappa shape index (κ3) is 2.73. The smallest absolute Gasteiger partial charge is 0.332 e.